The first-order valence-electron chi connectivity index (χ1n) is 7.45. The number of hydrogen-bond donors (Lipinski definition) is 2. The van der Waals surface area contributed by atoms with Crippen molar-refractivity contribution in [1.82, 2.24) is 5.32 Å². The Bertz CT molecular complexity index is 732. The largest absolute Gasteiger partial charge is 0.462 e. The summed E-state index contributed by atoms with van der Waals surface area (Å²) in [7, 11) is -3.56. The van der Waals surface area contributed by atoms with Crippen LogP contribution in [-0.2, 0) is 24.1 Å². The molecule has 0 radical (unpaired) electrons. The second-order valence-corrected chi connectivity index (χ2v) is 7.33. The Morgan fingerprint density at radius 1 is 1.36 bits per heavy atom. The fourth-order valence-corrected chi connectivity index (χ4v) is 2.86. The predicted octanol–water partition coefficient (Wildman–Crippen LogP) is 0.616. The van der Waals surface area contributed by atoms with E-state index in [1.165, 1.54) is 18.2 Å². The standard InChI is InChI=1S/C15H20N2O6S.ClH/c1-3-23-15(19)10-6-11(8-12(7-10)24(2,20)21)17-14(18)13-9-22-5-4-16-13;/h6-8,13,16H,3-5,9H2,1-2H3,(H,17,18);1H. The summed E-state index contributed by atoms with van der Waals surface area (Å²) in [4.78, 5) is 24.0. The molecule has 1 saturated heterocycles. The molecule has 0 aromatic heterocycles. The molecule has 0 bridgehead atoms. The van der Waals surface area contributed by atoms with Crippen molar-refractivity contribution in [2.75, 3.05) is 37.9 Å². The lowest BCUT2D eigenvalue weighted by atomic mass is 10.2. The maximum atomic E-state index is 12.2. The number of rotatable bonds is 5. The van der Waals surface area contributed by atoms with Gasteiger partial charge in [0.1, 0.15) is 6.04 Å². The van der Waals surface area contributed by atoms with Gasteiger partial charge in [-0.05, 0) is 25.1 Å². The Hall–Kier alpha value is -1.68. The van der Waals surface area contributed by atoms with Crippen molar-refractivity contribution in [3.63, 3.8) is 0 Å². The Labute approximate surface area is 152 Å². The molecule has 140 valence electrons. The molecule has 0 saturated carbocycles. The molecular weight excluding hydrogens is 372 g/mol. The average Bonchev–Trinajstić information content (AvgIpc) is 2.54. The maximum absolute atomic E-state index is 12.2. The van der Waals surface area contributed by atoms with Crippen molar-refractivity contribution in [2.45, 2.75) is 17.9 Å². The molecule has 1 aromatic rings. The van der Waals surface area contributed by atoms with E-state index in [1.54, 1.807) is 6.92 Å². The van der Waals surface area contributed by atoms with E-state index >= 15 is 0 Å². The monoisotopic (exact) mass is 392 g/mol. The number of sulfone groups is 1. The minimum absolute atomic E-state index is 0. The van der Waals surface area contributed by atoms with Crippen LogP contribution in [0.2, 0.25) is 0 Å². The molecule has 0 aliphatic carbocycles. The molecule has 25 heavy (non-hydrogen) atoms. The molecule has 8 nitrogen and oxygen atoms in total. The van der Waals surface area contributed by atoms with Gasteiger partial charge in [-0.25, -0.2) is 13.2 Å². The van der Waals surface area contributed by atoms with Crippen LogP contribution in [0.25, 0.3) is 0 Å². The third kappa shape index (κ3) is 5.96. The lowest BCUT2D eigenvalue weighted by Crippen LogP contribution is -2.48. The van der Waals surface area contributed by atoms with Crippen LogP contribution in [-0.4, -0.2) is 59.0 Å². The molecule has 1 fully saturated rings. The number of nitrogens with one attached hydrogen (secondary N) is 2. The van der Waals surface area contributed by atoms with Gasteiger partial charge in [-0.15, -0.1) is 12.4 Å². The van der Waals surface area contributed by atoms with Gasteiger partial charge < -0.3 is 20.1 Å². The zero-order valence-corrected chi connectivity index (χ0v) is 15.5. The summed E-state index contributed by atoms with van der Waals surface area (Å²) < 4.78 is 33.7. The van der Waals surface area contributed by atoms with Crippen molar-refractivity contribution in [1.29, 1.82) is 0 Å². The highest BCUT2D eigenvalue weighted by Crippen LogP contribution is 2.20. The number of benzene rings is 1. The van der Waals surface area contributed by atoms with Gasteiger partial charge >= 0.3 is 5.97 Å². The van der Waals surface area contributed by atoms with Crippen LogP contribution >= 0.6 is 12.4 Å². The number of anilines is 1. The lowest BCUT2D eigenvalue weighted by molar-refractivity contribution is -0.120. The van der Waals surface area contributed by atoms with Crippen molar-refractivity contribution in [2.24, 2.45) is 0 Å². The number of carbonyl (C=O) groups is 2. The molecule has 2 rings (SSSR count). The van der Waals surface area contributed by atoms with Crippen LogP contribution in [0.5, 0.6) is 0 Å². The summed E-state index contributed by atoms with van der Waals surface area (Å²) in [6.07, 6.45) is 1.03. The Morgan fingerprint density at radius 3 is 2.64 bits per heavy atom. The van der Waals surface area contributed by atoms with Gasteiger partial charge in [-0.3, -0.25) is 4.79 Å². The van der Waals surface area contributed by atoms with E-state index in [4.69, 9.17) is 9.47 Å². The molecule has 1 amide bonds. The zero-order chi connectivity index (χ0) is 17.7. The third-order valence-corrected chi connectivity index (χ3v) is 4.44. The molecule has 1 aliphatic heterocycles. The van der Waals surface area contributed by atoms with E-state index in [9.17, 15) is 18.0 Å². The van der Waals surface area contributed by atoms with Crippen LogP contribution in [0, 0.1) is 0 Å². The van der Waals surface area contributed by atoms with Gasteiger partial charge in [0.05, 0.1) is 30.3 Å². The summed E-state index contributed by atoms with van der Waals surface area (Å²) in [5, 5.41) is 5.60. The van der Waals surface area contributed by atoms with E-state index in [0.29, 0.717) is 13.2 Å². The Balaban J connectivity index is 0.00000312. The molecule has 1 atom stereocenters. The maximum Gasteiger partial charge on any atom is 0.338 e. The summed E-state index contributed by atoms with van der Waals surface area (Å²) in [5.74, 6) is -1.02. The second kappa shape index (κ2) is 9.14. The minimum Gasteiger partial charge on any atom is -0.462 e. The van der Waals surface area contributed by atoms with Crippen molar-refractivity contribution in [3.05, 3.63) is 23.8 Å². The first kappa shape index (κ1) is 21.4. The quantitative estimate of drug-likeness (QED) is 0.706. The van der Waals surface area contributed by atoms with Crippen molar-refractivity contribution >= 4 is 39.8 Å². The van der Waals surface area contributed by atoms with E-state index in [-0.39, 0.29) is 47.7 Å². The number of halogens is 1. The number of amides is 1. The van der Waals surface area contributed by atoms with Crippen LogP contribution in [0.4, 0.5) is 5.69 Å². The van der Waals surface area contributed by atoms with E-state index < -0.39 is 21.8 Å². The lowest BCUT2D eigenvalue weighted by Gasteiger charge is -2.23. The van der Waals surface area contributed by atoms with Crippen LogP contribution in [0.1, 0.15) is 17.3 Å². The van der Waals surface area contributed by atoms with Gasteiger partial charge in [0.25, 0.3) is 0 Å². The number of hydrogen-bond acceptors (Lipinski definition) is 7. The SMILES string of the molecule is CCOC(=O)c1cc(NC(=O)C2COCCN2)cc(S(C)(=O)=O)c1.Cl. The van der Waals surface area contributed by atoms with Gasteiger partial charge in [0, 0.05) is 18.5 Å². The summed E-state index contributed by atoms with van der Waals surface area (Å²) >= 11 is 0. The van der Waals surface area contributed by atoms with Gasteiger partial charge in [0.2, 0.25) is 5.91 Å². The second-order valence-electron chi connectivity index (χ2n) is 5.31. The van der Waals surface area contributed by atoms with Gasteiger partial charge in [-0.1, -0.05) is 0 Å². The number of carbonyl (C=O) groups excluding carboxylic acids is 2. The van der Waals surface area contributed by atoms with Crippen LogP contribution in [0.15, 0.2) is 23.1 Å². The molecule has 0 spiro atoms. The molecule has 2 N–H and O–H groups in total. The minimum atomic E-state index is -3.56. The first-order valence-corrected chi connectivity index (χ1v) is 9.34. The fraction of sp³-hybridized carbons (Fsp3) is 0.467. The normalized spacial score (nSPS) is 17.3. The highest BCUT2D eigenvalue weighted by Gasteiger charge is 2.22. The predicted molar refractivity (Wildman–Crippen MR) is 94.0 cm³/mol. The summed E-state index contributed by atoms with van der Waals surface area (Å²) in [6.45, 7) is 3.11. The molecule has 1 heterocycles. The molecule has 1 aromatic carbocycles. The first-order chi connectivity index (χ1) is 11.3. The van der Waals surface area contributed by atoms with Gasteiger partial charge in [0.15, 0.2) is 9.84 Å². The number of esters is 1. The van der Waals surface area contributed by atoms with E-state index in [0.717, 1.165) is 6.26 Å². The fourth-order valence-electron chi connectivity index (χ4n) is 2.18. The van der Waals surface area contributed by atoms with Gasteiger partial charge in [-0.2, -0.15) is 0 Å². The molecular formula is C15H21ClN2O6S. The smallest absolute Gasteiger partial charge is 0.338 e. The molecule has 1 unspecified atom stereocenters. The third-order valence-electron chi connectivity index (χ3n) is 3.35. The average molecular weight is 393 g/mol. The highest BCUT2D eigenvalue weighted by atomic mass is 35.5. The Morgan fingerprint density at radius 2 is 2.08 bits per heavy atom. The number of morpholine rings is 1. The molecule has 1 aliphatic rings. The summed E-state index contributed by atoms with van der Waals surface area (Å²) in [5.41, 5.74) is 0.265. The topological polar surface area (TPSA) is 111 Å². The van der Waals surface area contributed by atoms with Crippen LogP contribution < -0.4 is 10.6 Å². The van der Waals surface area contributed by atoms with Crippen LogP contribution in [0.3, 0.4) is 0 Å². The van der Waals surface area contributed by atoms with Crippen molar-refractivity contribution in [3.8, 4) is 0 Å². The number of ether oxygens (including phenoxy) is 2. The van der Waals surface area contributed by atoms with Crippen molar-refractivity contribution < 1.29 is 27.5 Å². The van der Waals surface area contributed by atoms with E-state index in [1.807, 2.05) is 0 Å². The molecule has 10 heteroatoms. The zero-order valence-electron chi connectivity index (χ0n) is 13.9. The Kier molecular flexibility index (Phi) is 7.81. The highest BCUT2D eigenvalue weighted by molar-refractivity contribution is 7.90. The van der Waals surface area contributed by atoms with E-state index in [2.05, 4.69) is 10.6 Å². The summed E-state index contributed by atoms with van der Waals surface area (Å²) in [6, 6.07) is 3.38.